The van der Waals surface area contributed by atoms with Crippen LogP contribution in [-0.2, 0) is 5.54 Å². The van der Waals surface area contributed by atoms with Crippen molar-refractivity contribution in [1.29, 1.82) is 0 Å². The molecular weight excluding hydrogens is 238 g/mol. The minimum Gasteiger partial charge on any atom is -0.496 e. The van der Waals surface area contributed by atoms with Gasteiger partial charge in [0.2, 0.25) is 0 Å². The monoisotopic (exact) mass is 255 g/mol. The van der Waals surface area contributed by atoms with E-state index in [1.807, 2.05) is 13.0 Å². The molecule has 3 nitrogen and oxygen atoms in total. The van der Waals surface area contributed by atoms with E-state index in [0.29, 0.717) is 10.8 Å². The fourth-order valence-electron chi connectivity index (χ4n) is 2.41. The van der Waals surface area contributed by atoms with Crippen LogP contribution in [0.3, 0.4) is 0 Å². The molecule has 1 aliphatic carbocycles. The van der Waals surface area contributed by atoms with Crippen LogP contribution < -0.4 is 15.2 Å². The van der Waals surface area contributed by atoms with Gasteiger partial charge >= 0.3 is 0 Å². The molecule has 0 aromatic heterocycles. The molecule has 94 valence electrons. The van der Waals surface area contributed by atoms with E-state index in [-0.39, 0.29) is 5.54 Å². The van der Waals surface area contributed by atoms with Crippen LogP contribution in [0.4, 0.5) is 0 Å². The predicted octanol–water partition coefficient (Wildman–Crippen LogP) is 3.00. The summed E-state index contributed by atoms with van der Waals surface area (Å²) in [6, 6.07) is 1.94. The van der Waals surface area contributed by atoms with Gasteiger partial charge in [-0.15, -0.1) is 0 Å². The van der Waals surface area contributed by atoms with Crippen molar-refractivity contribution in [3.8, 4) is 11.5 Å². The first-order valence-electron chi connectivity index (χ1n) is 5.74. The zero-order valence-corrected chi connectivity index (χ0v) is 11.2. The van der Waals surface area contributed by atoms with Gasteiger partial charge in [-0.05, 0) is 37.8 Å². The van der Waals surface area contributed by atoms with Crippen molar-refractivity contribution in [2.75, 3.05) is 14.2 Å². The standard InChI is InChI=1S/C13H18ClNO2/c1-8-7-9(16-2)10(11(14)12(8)17-3)13(15)5-4-6-13/h7H,4-6,15H2,1-3H3. The van der Waals surface area contributed by atoms with E-state index in [4.69, 9.17) is 26.8 Å². The van der Waals surface area contributed by atoms with E-state index in [0.717, 1.165) is 36.1 Å². The van der Waals surface area contributed by atoms with E-state index < -0.39 is 0 Å². The third kappa shape index (κ3) is 1.87. The molecule has 0 atom stereocenters. The lowest BCUT2D eigenvalue weighted by Crippen LogP contribution is -2.43. The molecular formula is C13H18ClNO2. The molecule has 1 saturated carbocycles. The van der Waals surface area contributed by atoms with Crippen LogP contribution in [0, 0.1) is 6.92 Å². The largest absolute Gasteiger partial charge is 0.496 e. The second-order valence-corrected chi connectivity index (χ2v) is 5.01. The first-order chi connectivity index (χ1) is 8.03. The summed E-state index contributed by atoms with van der Waals surface area (Å²) >= 11 is 6.41. The van der Waals surface area contributed by atoms with Gasteiger partial charge < -0.3 is 15.2 Å². The summed E-state index contributed by atoms with van der Waals surface area (Å²) in [5.41, 5.74) is 7.84. The number of nitrogens with two attached hydrogens (primary N) is 1. The van der Waals surface area contributed by atoms with Crippen molar-refractivity contribution < 1.29 is 9.47 Å². The summed E-state index contributed by atoms with van der Waals surface area (Å²) in [6.07, 6.45) is 3.01. The molecule has 0 aliphatic heterocycles. The Morgan fingerprint density at radius 3 is 2.35 bits per heavy atom. The summed E-state index contributed by atoms with van der Waals surface area (Å²) in [7, 11) is 3.26. The zero-order chi connectivity index (χ0) is 12.6. The molecule has 17 heavy (non-hydrogen) atoms. The Labute approximate surface area is 107 Å². The molecule has 0 heterocycles. The Kier molecular flexibility index (Phi) is 3.23. The van der Waals surface area contributed by atoms with Crippen molar-refractivity contribution in [3.05, 3.63) is 22.2 Å². The summed E-state index contributed by atoms with van der Waals surface area (Å²) in [6.45, 7) is 1.95. The first kappa shape index (κ1) is 12.5. The Morgan fingerprint density at radius 1 is 1.29 bits per heavy atom. The average molecular weight is 256 g/mol. The van der Waals surface area contributed by atoms with Gasteiger partial charge in [0, 0.05) is 11.1 Å². The number of benzene rings is 1. The minimum atomic E-state index is -0.358. The highest BCUT2D eigenvalue weighted by Crippen LogP contribution is 2.49. The van der Waals surface area contributed by atoms with E-state index in [9.17, 15) is 0 Å². The molecule has 0 saturated heterocycles. The number of halogens is 1. The first-order valence-corrected chi connectivity index (χ1v) is 6.11. The number of hydrogen-bond acceptors (Lipinski definition) is 3. The Hall–Kier alpha value is -0.930. The van der Waals surface area contributed by atoms with Crippen LogP contribution in [0.2, 0.25) is 5.02 Å². The normalized spacial score (nSPS) is 17.5. The van der Waals surface area contributed by atoms with E-state index in [1.54, 1.807) is 14.2 Å². The molecule has 1 aromatic rings. The number of ether oxygens (including phenoxy) is 2. The van der Waals surface area contributed by atoms with Gasteiger partial charge in [-0.3, -0.25) is 0 Å². The second-order valence-electron chi connectivity index (χ2n) is 4.63. The number of rotatable bonds is 3. The fourth-order valence-corrected chi connectivity index (χ4v) is 2.92. The average Bonchev–Trinajstić information content (AvgIpc) is 2.26. The van der Waals surface area contributed by atoms with Crippen LogP contribution in [0.1, 0.15) is 30.4 Å². The topological polar surface area (TPSA) is 44.5 Å². The predicted molar refractivity (Wildman–Crippen MR) is 69.0 cm³/mol. The van der Waals surface area contributed by atoms with Crippen molar-refractivity contribution >= 4 is 11.6 Å². The maximum absolute atomic E-state index is 6.41. The van der Waals surface area contributed by atoms with E-state index in [1.165, 1.54) is 0 Å². The third-order valence-corrected chi connectivity index (χ3v) is 3.90. The fraction of sp³-hybridized carbons (Fsp3) is 0.538. The van der Waals surface area contributed by atoms with Crippen molar-refractivity contribution in [1.82, 2.24) is 0 Å². The second kappa shape index (κ2) is 4.39. The summed E-state index contributed by atoms with van der Waals surface area (Å²) in [4.78, 5) is 0. The van der Waals surface area contributed by atoms with Crippen LogP contribution >= 0.6 is 11.6 Å². The lowest BCUT2D eigenvalue weighted by Gasteiger charge is -2.40. The highest BCUT2D eigenvalue weighted by molar-refractivity contribution is 6.33. The highest BCUT2D eigenvalue weighted by atomic mass is 35.5. The van der Waals surface area contributed by atoms with Gasteiger partial charge in [0.1, 0.15) is 11.5 Å². The van der Waals surface area contributed by atoms with Gasteiger partial charge in [0.25, 0.3) is 0 Å². The van der Waals surface area contributed by atoms with Crippen molar-refractivity contribution in [2.45, 2.75) is 31.7 Å². The number of methoxy groups -OCH3 is 2. The molecule has 0 radical (unpaired) electrons. The van der Waals surface area contributed by atoms with Crippen LogP contribution in [0.25, 0.3) is 0 Å². The van der Waals surface area contributed by atoms with Crippen LogP contribution in [0.15, 0.2) is 6.07 Å². The lowest BCUT2D eigenvalue weighted by atomic mass is 9.72. The van der Waals surface area contributed by atoms with Gasteiger partial charge in [-0.2, -0.15) is 0 Å². The smallest absolute Gasteiger partial charge is 0.140 e. The number of hydrogen-bond donors (Lipinski definition) is 1. The maximum atomic E-state index is 6.41. The van der Waals surface area contributed by atoms with Crippen LogP contribution in [-0.4, -0.2) is 14.2 Å². The molecule has 4 heteroatoms. The number of aryl methyl sites for hydroxylation is 1. The van der Waals surface area contributed by atoms with Gasteiger partial charge in [-0.25, -0.2) is 0 Å². The Bertz CT molecular complexity index is 442. The molecule has 2 rings (SSSR count). The van der Waals surface area contributed by atoms with Gasteiger partial charge in [-0.1, -0.05) is 11.6 Å². The summed E-state index contributed by atoms with van der Waals surface area (Å²) in [5, 5.41) is 0.589. The zero-order valence-electron chi connectivity index (χ0n) is 10.5. The quantitative estimate of drug-likeness (QED) is 0.903. The SMILES string of the molecule is COc1cc(C)c(OC)c(Cl)c1C1(N)CCC1. The third-order valence-electron chi connectivity index (χ3n) is 3.54. The minimum absolute atomic E-state index is 0.358. The molecule has 0 unspecified atom stereocenters. The van der Waals surface area contributed by atoms with E-state index in [2.05, 4.69) is 0 Å². The summed E-state index contributed by atoms with van der Waals surface area (Å²) < 4.78 is 10.7. The highest BCUT2D eigenvalue weighted by Gasteiger charge is 2.39. The molecule has 0 amide bonds. The molecule has 0 spiro atoms. The van der Waals surface area contributed by atoms with Crippen LogP contribution in [0.5, 0.6) is 11.5 Å². The maximum Gasteiger partial charge on any atom is 0.140 e. The van der Waals surface area contributed by atoms with Gasteiger partial charge in [0.15, 0.2) is 0 Å². The Morgan fingerprint density at radius 2 is 1.94 bits per heavy atom. The van der Waals surface area contributed by atoms with Crippen molar-refractivity contribution in [2.24, 2.45) is 5.73 Å². The molecule has 2 N–H and O–H groups in total. The van der Waals surface area contributed by atoms with Gasteiger partial charge in [0.05, 0.1) is 19.2 Å². The molecule has 1 aromatic carbocycles. The summed E-state index contributed by atoms with van der Waals surface area (Å²) in [5.74, 6) is 1.45. The lowest BCUT2D eigenvalue weighted by molar-refractivity contribution is 0.243. The Balaban J connectivity index is 2.63. The molecule has 1 aliphatic rings. The molecule has 1 fully saturated rings. The molecule has 0 bridgehead atoms. The van der Waals surface area contributed by atoms with Crippen molar-refractivity contribution in [3.63, 3.8) is 0 Å². The van der Waals surface area contributed by atoms with E-state index >= 15 is 0 Å².